The van der Waals surface area contributed by atoms with Gasteiger partial charge in [-0.25, -0.2) is 0 Å². The van der Waals surface area contributed by atoms with Gasteiger partial charge in [-0.05, 0) is 30.7 Å². The molecule has 0 fully saturated rings. The van der Waals surface area contributed by atoms with E-state index in [1.54, 1.807) is 30.5 Å². The Labute approximate surface area is 119 Å². The summed E-state index contributed by atoms with van der Waals surface area (Å²) >= 11 is 3.27. The maximum absolute atomic E-state index is 11.1. The molecular weight excluding hydrogens is 306 g/mol. The number of hydrogen-bond acceptors (Lipinski definition) is 3. The van der Waals surface area contributed by atoms with Crippen LogP contribution in [-0.4, -0.2) is 17.1 Å². The number of carbonyl (C=O) groups is 1. The molecule has 4 heteroatoms. The van der Waals surface area contributed by atoms with Gasteiger partial charge >= 0.3 is 0 Å². The minimum atomic E-state index is 0.0362. The average Bonchev–Trinajstić information content (AvgIpc) is 2.38. The number of rotatable bonds is 3. The van der Waals surface area contributed by atoms with Crippen molar-refractivity contribution < 1.29 is 9.90 Å². The van der Waals surface area contributed by atoms with Gasteiger partial charge in [0.2, 0.25) is 0 Å². The van der Waals surface area contributed by atoms with Crippen molar-refractivity contribution >= 4 is 33.6 Å². The third kappa shape index (κ3) is 3.51. The number of phenolic OH excluding ortho intramolecular Hbond substituents is 1. The highest BCUT2D eigenvalue weighted by atomic mass is 79.9. The number of benzene rings is 2. The predicted molar refractivity (Wildman–Crippen MR) is 79.5 cm³/mol. The van der Waals surface area contributed by atoms with E-state index in [2.05, 4.69) is 20.9 Å². The van der Waals surface area contributed by atoms with Gasteiger partial charge in [-0.15, -0.1) is 0 Å². The second kappa shape index (κ2) is 5.80. The number of phenols is 1. The zero-order valence-corrected chi connectivity index (χ0v) is 11.9. The lowest BCUT2D eigenvalue weighted by Gasteiger charge is -2.00. The maximum Gasteiger partial charge on any atom is 0.159 e. The van der Waals surface area contributed by atoms with Crippen molar-refractivity contribution in [1.29, 1.82) is 0 Å². The summed E-state index contributed by atoms with van der Waals surface area (Å²) < 4.78 is 0.801. The van der Waals surface area contributed by atoms with Gasteiger partial charge in [0.25, 0.3) is 0 Å². The van der Waals surface area contributed by atoms with Gasteiger partial charge < -0.3 is 5.11 Å². The molecule has 96 valence electrons. The van der Waals surface area contributed by atoms with Crippen LogP contribution < -0.4 is 0 Å². The highest BCUT2D eigenvalue weighted by molar-refractivity contribution is 9.10. The van der Waals surface area contributed by atoms with Gasteiger partial charge in [0, 0.05) is 16.3 Å². The highest BCUT2D eigenvalue weighted by Crippen LogP contribution is 2.29. The van der Waals surface area contributed by atoms with Gasteiger partial charge in [0.05, 0.1) is 0 Å². The Morgan fingerprint density at radius 2 is 1.89 bits per heavy atom. The normalized spacial score (nSPS) is 10.8. The minimum Gasteiger partial charge on any atom is -0.506 e. The molecule has 0 unspecified atom stereocenters. The molecule has 0 aliphatic heterocycles. The first-order valence-corrected chi connectivity index (χ1v) is 6.49. The third-order valence-corrected chi connectivity index (χ3v) is 3.10. The number of halogens is 1. The number of aliphatic imine (C=N–C) groups is 1. The Hall–Kier alpha value is -1.94. The van der Waals surface area contributed by atoms with Crippen LogP contribution in [0, 0.1) is 0 Å². The Morgan fingerprint density at radius 1 is 1.21 bits per heavy atom. The zero-order chi connectivity index (χ0) is 13.8. The van der Waals surface area contributed by atoms with Crippen LogP contribution in [0.2, 0.25) is 0 Å². The van der Waals surface area contributed by atoms with E-state index < -0.39 is 0 Å². The van der Waals surface area contributed by atoms with Crippen molar-refractivity contribution in [3.8, 4) is 5.75 Å². The smallest absolute Gasteiger partial charge is 0.159 e. The van der Waals surface area contributed by atoms with Crippen molar-refractivity contribution in [3.05, 3.63) is 58.1 Å². The molecule has 2 aromatic rings. The van der Waals surface area contributed by atoms with Crippen molar-refractivity contribution in [3.63, 3.8) is 0 Å². The molecule has 0 bridgehead atoms. The van der Waals surface area contributed by atoms with E-state index in [0.717, 1.165) is 10.0 Å². The SMILES string of the molecule is CC(=O)c1ccc(/C=N/c2ccc(Br)cc2O)cc1. The van der Waals surface area contributed by atoms with Crippen molar-refractivity contribution in [1.82, 2.24) is 0 Å². The first kappa shape index (κ1) is 13.5. The largest absolute Gasteiger partial charge is 0.506 e. The zero-order valence-electron chi connectivity index (χ0n) is 10.3. The van der Waals surface area contributed by atoms with Gasteiger partial charge in [0.15, 0.2) is 5.78 Å². The molecule has 3 nitrogen and oxygen atoms in total. The molecule has 19 heavy (non-hydrogen) atoms. The summed E-state index contributed by atoms with van der Waals surface area (Å²) in [6.07, 6.45) is 1.65. The van der Waals surface area contributed by atoms with Gasteiger partial charge in [0.1, 0.15) is 11.4 Å². The lowest BCUT2D eigenvalue weighted by molar-refractivity contribution is 0.101. The van der Waals surface area contributed by atoms with Crippen LogP contribution in [0.3, 0.4) is 0 Å². The predicted octanol–water partition coefficient (Wildman–Crippen LogP) is 4.11. The fraction of sp³-hybridized carbons (Fsp3) is 0.0667. The number of Topliss-reactive ketones (excluding diaryl/α,β-unsaturated/α-hetero) is 1. The Kier molecular flexibility index (Phi) is 4.12. The molecule has 0 atom stereocenters. The highest BCUT2D eigenvalue weighted by Gasteiger charge is 2.00. The van der Waals surface area contributed by atoms with E-state index in [1.807, 2.05) is 18.2 Å². The maximum atomic E-state index is 11.1. The van der Waals surface area contributed by atoms with Crippen LogP contribution in [0.4, 0.5) is 5.69 Å². The summed E-state index contributed by atoms with van der Waals surface area (Å²) in [4.78, 5) is 15.4. The fourth-order valence-corrected chi connectivity index (χ4v) is 1.90. The molecule has 1 N–H and O–H groups in total. The first-order chi connectivity index (χ1) is 9.06. The third-order valence-electron chi connectivity index (χ3n) is 2.61. The fourth-order valence-electron chi connectivity index (χ4n) is 1.55. The van der Waals surface area contributed by atoms with E-state index in [-0.39, 0.29) is 11.5 Å². The molecular formula is C15H12BrNO2. The monoisotopic (exact) mass is 317 g/mol. The van der Waals surface area contributed by atoms with E-state index in [9.17, 15) is 9.90 Å². The number of aromatic hydroxyl groups is 1. The van der Waals surface area contributed by atoms with E-state index in [4.69, 9.17) is 0 Å². The van der Waals surface area contributed by atoms with Crippen molar-refractivity contribution in [2.45, 2.75) is 6.92 Å². The van der Waals surface area contributed by atoms with Gasteiger partial charge in [-0.3, -0.25) is 9.79 Å². The summed E-state index contributed by atoms with van der Waals surface area (Å²) in [6, 6.07) is 12.3. The Bertz CT molecular complexity index is 633. The molecule has 0 saturated heterocycles. The van der Waals surface area contributed by atoms with Crippen LogP contribution in [0.5, 0.6) is 5.75 Å². The minimum absolute atomic E-state index is 0.0362. The number of nitrogens with zero attached hydrogens (tertiary/aromatic N) is 1. The summed E-state index contributed by atoms with van der Waals surface area (Å²) in [6.45, 7) is 1.53. The number of ketones is 1. The topological polar surface area (TPSA) is 49.7 Å². The molecule has 0 saturated carbocycles. The van der Waals surface area contributed by atoms with Crippen molar-refractivity contribution in [2.75, 3.05) is 0 Å². The molecule has 0 amide bonds. The summed E-state index contributed by atoms with van der Waals surface area (Å²) in [5.41, 5.74) is 2.04. The molecule has 0 spiro atoms. The second-order valence-electron chi connectivity index (χ2n) is 4.07. The van der Waals surface area contributed by atoms with Crippen molar-refractivity contribution in [2.24, 2.45) is 4.99 Å². The lowest BCUT2D eigenvalue weighted by atomic mass is 10.1. The van der Waals surface area contributed by atoms with Crippen LogP contribution >= 0.6 is 15.9 Å². The summed E-state index contributed by atoms with van der Waals surface area (Å²) in [7, 11) is 0. The van der Waals surface area contributed by atoms with Crippen LogP contribution in [0.15, 0.2) is 51.9 Å². The molecule has 0 aliphatic carbocycles. The summed E-state index contributed by atoms with van der Waals surface area (Å²) in [5.74, 6) is 0.153. The van der Waals surface area contributed by atoms with E-state index in [0.29, 0.717) is 11.3 Å². The van der Waals surface area contributed by atoms with Crippen LogP contribution in [0.1, 0.15) is 22.8 Å². The van der Waals surface area contributed by atoms with Crippen LogP contribution in [0.25, 0.3) is 0 Å². The first-order valence-electron chi connectivity index (χ1n) is 5.70. The number of hydrogen-bond donors (Lipinski definition) is 1. The average molecular weight is 318 g/mol. The Morgan fingerprint density at radius 3 is 2.47 bits per heavy atom. The molecule has 2 rings (SSSR count). The summed E-state index contributed by atoms with van der Waals surface area (Å²) in [5, 5.41) is 9.70. The second-order valence-corrected chi connectivity index (χ2v) is 4.99. The van der Waals surface area contributed by atoms with E-state index in [1.165, 1.54) is 6.92 Å². The quantitative estimate of drug-likeness (QED) is 0.684. The molecule has 0 heterocycles. The standard InChI is InChI=1S/C15H12BrNO2/c1-10(18)12-4-2-11(3-5-12)9-17-14-7-6-13(16)8-15(14)19/h2-9,19H,1H3/b17-9+. The van der Waals surface area contributed by atoms with E-state index >= 15 is 0 Å². The Balaban J connectivity index is 2.20. The van der Waals surface area contributed by atoms with Gasteiger partial charge in [-0.1, -0.05) is 40.2 Å². The molecule has 0 radical (unpaired) electrons. The molecule has 0 aliphatic rings. The molecule has 0 aromatic heterocycles. The van der Waals surface area contributed by atoms with Gasteiger partial charge in [-0.2, -0.15) is 0 Å². The number of carbonyl (C=O) groups excluding carboxylic acids is 1. The van der Waals surface area contributed by atoms with Crippen LogP contribution in [-0.2, 0) is 0 Å². The molecule has 2 aromatic carbocycles. The lowest BCUT2D eigenvalue weighted by Crippen LogP contribution is -1.91.